The Morgan fingerprint density at radius 1 is 1.30 bits per heavy atom. The maximum atomic E-state index is 11.9. The van der Waals surface area contributed by atoms with E-state index in [2.05, 4.69) is 15.1 Å². The van der Waals surface area contributed by atoms with Gasteiger partial charge >= 0.3 is 0 Å². The van der Waals surface area contributed by atoms with Crippen molar-refractivity contribution >= 4 is 5.78 Å². The predicted molar refractivity (Wildman–Crippen MR) is 75.2 cm³/mol. The first-order valence-corrected chi connectivity index (χ1v) is 6.57. The molecule has 20 heavy (non-hydrogen) atoms. The smallest absolute Gasteiger partial charge is 0.234 e. The van der Waals surface area contributed by atoms with Crippen molar-refractivity contribution in [3.63, 3.8) is 0 Å². The fourth-order valence-electron chi connectivity index (χ4n) is 1.77. The Morgan fingerprint density at radius 3 is 2.60 bits per heavy atom. The second-order valence-electron chi connectivity index (χ2n) is 6.04. The van der Waals surface area contributed by atoms with Gasteiger partial charge in [0.05, 0.1) is 6.42 Å². The van der Waals surface area contributed by atoms with Crippen LogP contribution >= 0.6 is 0 Å². The summed E-state index contributed by atoms with van der Waals surface area (Å²) in [6.45, 7) is 9.55. The Morgan fingerprint density at radius 2 is 2.00 bits per heavy atom. The highest BCUT2D eigenvalue weighted by Crippen LogP contribution is 2.21. The highest BCUT2D eigenvalue weighted by molar-refractivity contribution is 5.85. The predicted octanol–water partition coefficient (Wildman–Crippen LogP) is 2.91. The molecule has 0 aliphatic heterocycles. The van der Waals surface area contributed by atoms with E-state index in [-0.39, 0.29) is 12.2 Å². The van der Waals surface area contributed by atoms with Crippen LogP contribution < -0.4 is 0 Å². The molecule has 0 atom stereocenters. The van der Waals surface area contributed by atoms with E-state index in [4.69, 9.17) is 4.52 Å². The van der Waals surface area contributed by atoms with E-state index >= 15 is 0 Å². The third-order valence-electron chi connectivity index (χ3n) is 3.04. The summed E-state index contributed by atoms with van der Waals surface area (Å²) >= 11 is 0. The molecule has 5 heteroatoms. The quantitative estimate of drug-likeness (QED) is 0.860. The van der Waals surface area contributed by atoms with Gasteiger partial charge in [0.25, 0.3) is 0 Å². The van der Waals surface area contributed by atoms with Crippen LogP contribution in [0.15, 0.2) is 16.8 Å². The van der Waals surface area contributed by atoms with Crippen molar-refractivity contribution in [2.45, 2.75) is 41.0 Å². The Hall–Kier alpha value is -2.04. The minimum absolute atomic E-state index is 0.0706. The van der Waals surface area contributed by atoms with Crippen molar-refractivity contribution in [2.75, 3.05) is 0 Å². The second-order valence-corrected chi connectivity index (χ2v) is 6.04. The highest BCUT2D eigenvalue weighted by atomic mass is 16.5. The first-order valence-electron chi connectivity index (χ1n) is 6.57. The minimum Gasteiger partial charge on any atom is -0.338 e. The van der Waals surface area contributed by atoms with Crippen molar-refractivity contribution < 1.29 is 9.32 Å². The third-order valence-corrected chi connectivity index (χ3v) is 3.04. The molecule has 0 aromatic carbocycles. The number of aryl methyl sites for hydroxylation is 2. The molecule has 0 N–H and O–H groups in total. The van der Waals surface area contributed by atoms with Crippen LogP contribution in [0.2, 0.25) is 0 Å². The number of carbonyl (C=O) groups is 1. The summed E-state index contributed by atoms with van der Waals surface area (Å²) in [5.41, 5.74) is 2.35. The molecular weight excluding hydrogens is 254 g/mol. The Kier molecular flexibility index (Phi) is 3.70. The molecule has 0 amide bonds. The van der Waals surface area contributed by atoms with Crippen molar-refractivity contribution in [3.05, 3.63) is 29.3 Å². The van der Waals surface area contributed by atoms with Gasteiger partial charge in [0.2, 0.25) is 11.7 Å². The monoisotopic (exact) mass is 273 g/mol. The molecular formula is C15H19N3O2. The number of hydrogen-bond donors (Lipinski definition) is 0. The SMILES string of the molecule is Cc1cnc(-c2noc(CC(=O)C(C)(C)C)n2)c(C)c1. The first-order chi connectivity index (χ1) is 9.27. The summed E-state index contributed by atoms with van der Waals surface area (Å²) in [6, 6.07) is 2.01. The van der Waals surface area contributed by atoms with Crippen molar-refractivity contribution in [1.29, 1.82) is 0 Å². The molecule has 0 saturated carbocycles. The number of ketones is 1. The molecule has 0 radical (unpaired) electrons. The number of rotatable bonds is 3. The first kappa shape index (κ1) is 14.4. The van der Waals surface area contributed by atoms with Gasteiger partial charge in [0.1, 0.15) is 11.5 Å². The summed E-state index contributed by atoms with van der Waals surface area (Å²) in [4.78, 5) is 20.5. The average molecular weight is 273 g/mol. The van der Waals surface area contributed by atoms with Crippen molar-refractivity contribution in [1.82, 2.24) is 15.1 Å². The number of pyridine rings is 1. The van der Waals surface area contributed by atoms with E-state index in [1.807, 2.05) is 40.7 Å². The van der Waals surface area contributed by atoms with Crippen LogP contribution in [0, 0.1) is 19.3 Å². The molecule has 106 valence electrons. The van der Waals surface area contributed by atoms with Gasteiger partial charge in [-0.05, 0) is 25.0 Å². The molecule has 0 aliphatic rings. The summed E-state index contributed by atoms with van der Waals surface area (Å²) < 4.78 is 5.15. The Bertz CT molecular complexity index is 639. The standard InChI is InChI=1S/C15H19N3O2/c1-9-6-10(2)13(16-8-9)14-17-12(20-18-14)7-11(19)15(3,4)5/h6,8H,7H2,1-5H3. The fourth-order valence-corrected chi connectivity index (χ4v) is 1.77. The van der Waals surface area contributed by atoms with E-state index in [1.165, 1.54) is 0 Å². The summed E-state index contributed by atoms with van der Waals surface area (Å²) in [7, 11) is 0. The van der Waals surface area contributed by atoms with Gasteiger partial charge in [-0.3, -0.25) is 9.78 Å². The van der Waals surface area contributed by atoms with Gasteiger partial charge in [0.15, 0.2) is 0 Å². The third kappa shape index (κ3) is 3.10. The average Bonchev–Trinajstić information content (AvgIpc) is 2.76. The zero-order chi connectivity index (χ0) is 14.9. The van der Waals surface area contributed by atoms with Crippen LogP contribution in [0.5, 0.6) is 0 Å². The topological polar surface area (TPSA) is 68.9 Å². The zero-order valence-electron chi connectivity index (χ0n) is 12.5. The lowest BCUT2D eigenvalue weighted by atomic mass is 9.89. The van der Waals surface area contributed by atoms with Gasteiger partial charge in [-0.25, -0.2) is 0 Å². The normalized spacial score (nSPS) is 11.7. The lowest BCUT2D eigenvalue weighted by Gasteiger charge is -2.14. The maximum absolute atomic E-state index is 11.9. The summed E-state index contributed by atoms with van der Waals surface area (Å²) in [5, 5.41) is 3.91. The van der Waals surface area contributed by atoms with Crippen molar-refractivity contribution in [3.8, 4) is 11.5 Å². The maximum Gasteiger partial charge on any atom is 0.234 e. The Labute approximate surface area is 118 Å². The van der Waals surface area contributed by atoms with E-state index in [1.54, 1.807) is 6.20 Å². The zero-order valence-corrected chi connectivity index (χ0v) is 12.5. The lowest BCUT2D eigenvalue weighted by molar-refractivity contribution is -0.125. The molecule has 2 heterocycles. The van der Waals surface area contributed by atoms with Gasteiger partial charge in [0, 0.05) is 11.6 Å². The molecule has 0 unspecified atom stereocenters. The van der Waals surface area contributed by atoms with E-state index in [0.717, 1.165) is 11.1 Å². The largest absolute Gasteiger partial charge is 0.338 e. The van der Waals surface area contributed by atoms with Gasteiger partial charge in [-0.15, -0.1) is 0 Å². The Balaban J connectivity index is 2.23. The van der Waals surface area contributed by atoms with E-state index in [0.29, 0.717) is 17.4 Å². The van der Waals surface area contributed by atoms with Crippen LogP contribution in [0.1, 0.15) is 37.8 Å². The highest BCUT2D eigenvalue weighted by Gasteiger charge is 2.24. The molecule has 0 spiro atoms. The number of carbonyl (C=O) groups excluding carboxylic acids is 1. The second kappa shape index (κ2) is 5.15. The van der Waals surface area contributed by atoms with Crippen LogP contribution in [-0.2, 0) is 11.2 Å². The molecule has 0 saturated heterocycles. The lowest BCUT2D eigenvalue weighted by Crippen LogP contribution is -2.22. The van der Waals surface area contributed by atoms with Gasteiger partial charge < -0.3 is 4.52 Å². The number of nitrogens with zero attached hydrogens (tertiary/aromatic N) is 3. The number of aromatic nitrogens is 3. The van der Waals surface area contributed by atoms with Crippen LogP contribution in [0.4, 0.5) is 0 Å². The van der Waals surface area contributed by atoms with Crippen molar-refractivity contribution in [2.24, 2.45) is 5.41 Å². The summed E-state index contributed by atoms with van der Waals surface area (Å²) in [5.74, 6) is 0.835. The van der Waals surface area contributed by atoms with E-state index < -0.39 is 5.41 Å². The van der Waals surface area contributed by atoms with Crippen LogP contribution in [-0.4, -0.2) is 20.9 Å². The number of hydrogen-bond acceptors (Lipinski definition) is 5. The van der Waals surface area contributed by atoms with Gasteiger partial charge in [-0.1, -0.05) is 32.0 Å². The minimum atomic E-state index is -0.410. The summed E-state index contributed by atoms with van der Waals surface area (Å²) in [6.07, 6.45) is 1.92. The van der Waals surface area contributed by atoms with E-state index in [9.17, 15) is 4.79 Å². The molecule has 2 aromatic heterocycles. The van der Waals surface area contributed by atoms with Crippen LogP contribution in [0.3, 0.4) is 0 Å². The molecule has 2 aromatic rings. The van der Waals surface area contributed by atoms with Crippen LogP contribution in [0.25, 0.3) is 11.5 Å². The fraction of sp³-hybridized carbons (Fsp3) is 0.467. The number of Topliss-reactive ketones (excluding diaryl/α,β-unsaturated/α-hetero) is 1. The molecule has 5 nitrogen and oxygen atoms in total. The molecule has 0 fully saturated rings. The molecule has 0 aliphatic carbocycles. The van der Waals surface area contributed by atoms with Gasteiger partial charge in [-0.2, -0.15) is 4.98 Å². The molecule has 2 rings (SSSR count). The molecule has 0 bridgehead atoms.